The average Bonchev–Trinajstić information content (AvgIpc) is 2.24. The van der Waals surface area contributed by atoms with Crippen molar-refractivity contribution >= 4 is 39.5 Å². The highest BCUT2D eigenvalue weighted by Crippen LogP contribution is 2.45. The highest BCUT2D eigenvalue weighted by atomic mass is 31.2. The van der Waals surface area contributed by atoms with Crippen LogP contribution in [0.2, 0.25) is 0 Å². The molecule has 560 valence electrons. The highest BCUT2D eigenvalue weighted by Gasteiger charge is 2.30. The van der Waals surface area contributed by atoms with Crippen molar-refractivity contribution in [2.75, 3.05) is 39.6 Å². The van der Waals surface area contributed by atoms with Crippen molar-refractivity contribution in [2.24, 2.45) is 5.92 Å². The third-order valence-corrected chi connectivity index (χ3v) is 19.4. The molecule has 0 rings (SSSR count). The van der Waals surface area contributed by atoms with Crippen LogP contribution in [0.15, 0.2) is 24.3 Å². The summed E-state index contributed by atoms with van der Waals surface area (Å²) in [7, 11) is -9.92. The molecular formula is C76H144O17P2. The lowest BCUT2D eigenvalue weighted by atomic mass is 9.99. The van der Waals surface area contributed by atoms with Gasteiger partial charge in [0.2, 0.25) is 0 Å². The number of aliphatic hydroxyl groups excluding tert-OH is 1. The molecule has 0 aromatic rings. The first kappa shape index (κ1) is 92.5. The van der Waals surface area contributed by atoms with Gasteiger partial charge in [0.05, 0.1) is 26.4 Å². The van der Waals surface area contributed by atoms with Gasteiger partial charge >= 0.3 is 39.5 Å². The first-order valence-corrected chi connectivity index (χ1v) is 42.0. The molecule has 0 radical (unpaired) electrons. The Labute approximate surface area is 580 Å². The Bertz CT molecular complexity index is 1920. The number of hydrogen-bond acceptors (Lipinski definition) is 15. The molecule has 0 saturated carbocycles. The molecular weight excluding hydrogens is 1250 g/mol. The quantitative estimate of drug-likeness (QED) is 0.0169. The number of rotatable bonds is 74. The SMILES string of the molecule is CCCCCC/C=C\C=C/CCCCCCCC(=O)OC[C@H](COP(=O)(O)OC[C@@H](O)COP(=O)(O)OC[C@@H](COC(=O)CCCCCCCCCCC)OC(=O)CCCCCCCCCCC(C)CC)OC(=O)CCCCCCCCCCCCCCCCCCCCC. The molecule has 0 spiro atoms. The molecule has 3 N–H and O–H groups in total. The van der Waals surface area contributed by atoms with Crippen LogP contribution in [0.25, 0.3) is 0 Å². The van der Waals surface area contributed by atoms with Crippen molar-refractivity contribution < 1.29 is 80.2 Å². The molecule has 17 nitrogen and oxygen atoms in total. The molecule has 0 fully saturated rings. The maximum absolute atomic E-state index is 13.1. The molecule has 19 heteroatoms. The molecule has 0 aliphatic rings. The van der Waals surface area contributed by atoms with Gasteiger partial charge in [0.25, 0.3) is 0 Å². The summed E-state index contributed by atoms with van der Waals surface area (Å²) in [5.41, 5.74) is 0. The van der Waals surface area contributed by atoms with E-state index in [1.807, 2.05) is 0 Å². The van der Waals surface area contributed by atoms with Gasteiger partial charge in [-0.05, 0) is 57.3 Å². The topological polar surface area (TPSA) is 237 Å². The number of carbonyl (C=O) groups is 4. The van der Waals surface area contributed by atoms with Crippen molar-refractivity contribution in [3.8, 4) is 0 Å². The van der Waals surface area contributed by atoms with E-state index in [2.05, 4.69) is 58.9 Å². The Morgan fingerprint density at radius 1 is 0.337 bits per heavy atom. The molecule has 95 heavy (non-hydrogen) atoms. The Kier molecular flexibility index (Phi) is 66.9. The minimum absolute atomic E-state index is 0.102. The standard InChI is InChI=1S/C76H144O17P2/c1-6-10-13-16-19-22-24-26-28-29-30-31-33-35-37-40-46-51-56-61-75(80)92-71(66-87-74(79)60-55-50-45-39-36-34-32-27-25-23-20-17-14-11-7-2)67-90-94(82,83)88-63-70(77)64-89-95(84,85)91-68-72(65-86-73(78)59-54-49-44-38-21-18-15-12-8-3)93-76(81)62-57-52-47-42-41-43-48-53-58-69(5)9-4/h23,25,27,32,69-72,77H,6-22,24,26,28-31,33-68H2,1-5H3,(H,82,83)(H,84,85)/b25-23-,32-27-/t69?,70-,71-,72-/m1/s1. The van der Waals surface area contributed by atoms with E-state index in [0.717, 1.165) is 115 Å². The van der Waals surface area contributed by atoms with Gasteiger partial charge in [-0.15, -0.1) is 0 Å². The van der Waals surface area contributed by atoms with Gasteiger partial charge in [0.15, 0.2) is 12.2 Å². The van der Waals surface area contributed by atoms with E-state index in [1.54, 1.807) is 0 Å². The second-order valence-corrected chi connectivity index (χ2v) is 29.9. The largest absolute Gasteiger partial charge is 0.472 e. The lowest BCUT2D eigenvalue weighted by Gasteiger charge is -2.21. The molecule has 0 aromatic carbocycles. The Morgan fingerprint density at radius 3 is 0.895 bits per heavy atom. The van der Waals surface area contributed by atoms with Gasteiger partial charge in [-0.1, -0.05) is 322 Å². The number of carbonyl (C=O) groups excluding carboxylic acids is 4. The summed E-state index contributed by atoms with van der Waals surface area (Å²) in [6, 6.07) is 0. The number of phosphoric acid groups is 2. The second-order valence-electron chi connectivity index (χ2n) is 26.9. The Balaban J connectivity index is 5.26. The van der Waals surface area contributed by atoms with Crippen LogP contribution < -0.4 is 0 Å². The number of esters is 4. The fourth-order valence-corrected chi connectivity index (χ4v) is 12.7. The lowest BCUT2D eigenvalue weighted by Crippen LogP contribution is -2.30. The summed E-state index contributed by atoms with van der Waals surface area (Å²) in [6.45, 7) is 7.20. The molecule has 6 atom stereocenters. The van der Waals surface area contributed by atoms with E-state index in [9.17, 15) is 43.2 Å². The van der Waals surface area contributed by atoms with E-state index in [4.69, 9.17) is 37.0 Å². The fraction of sp³-hybridized carbons (Fsp3) is 0.895. The van der Waals surface area contributed by atoms with Gasteiger partial charge in [-0.25, -0.2) is 9.13 Å². The van der Waals surface area contributed by atoms with Gasteiger partial charge in [-0.2, -0.15) is 0 Å². The normalized spacial score (nSPS) is 14.4. The zero-order valence-corrected chi connectivity index (χ0v) is 63.1. The van der Waals surface area contributed by atoms with Crippen molar-refractivity contribution in [1.82, 2.24) is 0 Å². The number of phosphoric ester groups is 2. The first-order chi connectivity index (χ1) is 46.1. The van der Waals surface area contributed by atoms with Gasteiger partial charge in [0.1, 0.15) is 19.3 Å². The average molecular weight is 1390 g/mol. The van der Waals surface area contributed by atoms with Crippen LogP contribution in [-0.2, 0) is 65.4 Å². The van der Waals surface area contributed by atoms with Crippen LogP contribution in [0.5, 0.6) is 0 Å². The fourth-order valence-electron chi connectivity index (χ4n) is 11.1. The third-order valence-electron chi connectivity index (χ3n) is 17.5. The third kappa shape index (κ3) is 68.5. The highest BCUT2D eigenvalue weighted by molar-refractivity contribution is 7.47. The number of allylic oxidation sites excluding steroid dienone is 4. The van der Waals surface area contributed by atoms with E-state index < -0.39 is 97.5 Å². The zero-order chi connectivity index (χ0) is 69.8. The maximum atomic E-state index is 13.1. The summed E-state index contributed by atoms with van der Waals surface area (Å²) in [4.78, 5) is 72.7. The minimum Gasteiger partial charge on any atom is -0.462 e. The van der Waals surface area contributed by atoms with E-state index in [-0.39, 0.29) is 25.7 Å². The summed E-state index contributed by atoms with van der Waals surface area (Å²) >= 11 is 0. The molecule has 0 aliphatic carbocycles. The van der Waals surface area contributed by atoms with Crippen molar-refractivity contribution in [3.05, 3.63) is 24.3 Å². The van der Waals surface area contributed by atoms with Crippen molar-refractivity contribution in [1.29, 1.82) is 0 Å². The molecule has 0 heterocycles. The van der Waals surface area contributed by atoms with Crippen LogP contribution in [0.4, 0.5) is 0 Å². The van der Waals surface area contributed by atoms with Gasteiger partial charge in [0, 0.05) is 25.7 Å². The van der Waals surface area contributed by atoms with E-state index >= 15 is 0 Å². The molecule has 0 saturated heterocycles. The molecule has 0 bridgehead atoms. The summed E-state index contributed by atoms with van der Waals surface area (Å²) in [5, 5.41) is 10.6. The summed E-state index contributed by atoms with van der Waals surface area (Å²) in [6.07, 6.45) is 60.5. The minimum atomic E-state index is -4.96. The monoisotopic (exact) mass is 1390 g/mol. The smallest absolute Gasteiger partial charge is 0.462 e. The molecule has 0 aliphatic heterocycles. The Morgan fingerprint density at radius 2 is 0.589 bits per heavy atom. The van der Waals surface area contributed by atoms with Crippen LogP contribution in [0, 0.1) is 5.92 Å². The zero-order valence-electron chi connectivity index (χ0n) is 61.3. The first-order valence-electron chi connectivity index (χ1n) is 39.0. The number of unbranched alkanes of at least 4 members (excludes halogenated alkanes) is 42. The number of aliphatic hydroxyl groups is 1. The second kappa shape index (κ2) is 68.7. The number of hydrogen-bond donors (Lipinski definition) is 3. The van der Waals surface area contributed by atoms with Crippen LogP contribution >= 0.6 is 15.6 Å². The van der Waals surface area contributed by atoms with Crippen LogP contribution in [-0.4, -0.2) is 96.7 Å². The predicted molar refractivity (Wildman–Crippen MR) is 386 cm³/mol. The van der Waals surface area contributed by atoms with Crippen LogP contribution in [0.1, 0.15) is 375 Å². The molecule has 0 aromatic heterocycles. The van der Waals surface area contributed by atoms with Crippen molar-refractivity contribution in [2.45, 2.75) is 393 Å². The molecule has 3 unspecified atom stereocenters. The van der Waals surface area contributed by atoms with Gasteiger partial charge < -0.3 is 33.8 Å². The van der Waals surface area contributed by atoms with Crippen LogP contribution in [0.3, 0.4) is 0 Å². The summed E-state index contributed by atoms with van der Waals surface area (Å²) < 4.78 is 68.4. The van der Waals surface area contributed by atoms with Crippen molar-refractivity contribution in [3.63, 3.8) is 0 Å². The lowest BCUT2D eigenvalue weighted by molar-refractivity contribution is -0.161. The summed E-state index contributed by atoms with van der Waals surface area (Å²) in [5.74, 6) is -1.38. The Hall–Kier alpha value is -2.46. The maximum Gasteiger partial charge on any atom is 0.472 e. The number of ether oxygens (including phenoxy) is 4. The van der Waals surface area contributed by atoms with E-state index in [0.29, 0.717) is 25.7 Å². The predicted octanol–water partition coefficient (Wildman–Crippen LogP) is 22.0. The van der Waals surface area contributed by atoms with Gasteiger partial charge in [-0.3, -0.25) is 37.3 Å². The molecule has 0 amide bonds. The van der Waals surface area contributed by atoms with E-state index in [1.165, 1.54) is 180 Å².